The van der Waals surface area contributed by atoms with Crippen molar-refractivity contribution in [3.05, 3.63) is 30.1 Å². The largest absolute Gasteiger partial charge is 0.330 e. The van der Waals surface area contributed by atoms with Gasteiger partial charge in [0, 0.05) is 12.2 Å². The molecule has 1 amide bonds. The number of amides is 1. The average Bonchev–Trinajstić information content (AvgIpc) is 2.38. The van der Waals surface area contributed by atoms with Gasteiger partial charge in [0.05, 0.1) is 6.54 Å². The lowest BCUT2D eigenvalue weighted by Gasteiger charge is -2.35. The Balaban J connectivity index is 1.83. The summed E-state index contributed by atoms with van der Waals surface area (Å²) in [7, 11) is 0. The van der Waals surface area contributed by atoms with E-state index in [1.54, 1.807) is 12.1 Å². The van der Waals surface area contributed by atoms with Crippen LogP contribution in [0.15, 0.2) is 24.3 Å². The number of rotatable bonds is 4. The zero-order chi connectivity index (χ0) is 14.5. The second-order valence-electron chi connectivity index (χ2n) is 5.56. The van der Waals surface area contributed by atoms with E-state index in [1.165, 1.54) is 12.1 Å². The summed E-state index contributed by atoms with van der Waals surface area (Å²) in [5, 5.41) is 2.72. The van der Waals surface area contributed by atoms with Gasteiger partial charge >= 0.3 is 0 Å². The molecule has 1 saturated heterocycles. The Kier molecular flexibility index (Phi) is 5.09. The number of nitrogens with two attached hydrogens (primary N) is 1. The van der Waals surface area contributed by atoms with Gasteiger partial charge in [-0.3, -0.25) is 9.69 Å². The second-order valence-corrected chi connectivity index (χ2v) is 5.56. The quantitative estimate of drug-likeness (QED) is 0.881. The lowest BCUT2D eigenvalue weighted by Crippen LogP contribution is -2.44. The highest BCUT2D eigenvalue weighted by atomic mass is 19.1. The van der Waals surface area contributed by atoms with Gasteiger partial charge in [0.2, 0.25) is 5.91 Å². The van der Waals surface area contributed by atoms with Crippen LogP contribution in [-0.2, 0) is 4.79 Å². The van der Waals surface area contributed by atoms with Crippen LogP contribution in [0.5, 0.6) is 0 Å². The van der Waals surface area contributed by atoms with E-state index < -0.39 is 0 Å². The summed E-state index contributed by atoms with van der Waals surface area (Å²) >= 11 is 0. The first kappa shape index (κ1) is 14.9. The predicted molar refractivity (Wildman–Crippen MR) is 77.8 cm³/mol. The molecule has 1 aliphatic heterocycles. The molecule has 4 nitrogen and oxygen atoms in total. The number of carbonyl (C=O) groups excluding carboxylic acids is 1. The highest BCUT2D eigenvalue weighted by Crippen LogP contribution is 2.22. The smallest absolute Gasteiger partial charge is 0.238 e. The van der Waals surface area contributed by atoms with E-state index in [2.05, 4.69) is 17.1 Å². The van der Waals surface area contributed by atoms with Gasteiger partial charge in [0.15, 0.2) is 0 Å². The fraction of sp³-hybridized carbons (Fsp3) is 0.533. The zero-order valence-electron chi connectivity index (χ0n) is 11.8. The molecule has 0 radical (unpaired) electrons. The van der Waals surface area contributed by atoms with E-state index in [9.17, 15) is 9.18 Å². The second kappa shape index (κ2) is 6.81. The molecule has 0 aromatic heterocycles. The molecule has 1 aromatic carbocycles. The van der Waals surface area contributed by atoms with Crippen molar-refractivity contribution in [1.82, 2.24) is 4.90 Å². The standard InChI is InChI=1S/C15H22FN3O/c1-11-9-19(6-5-12(11)8-17)10-15(20)18-14-4-2-3-13(16)7-14/h2-4,7,11-12H,5-6,8-10,17H2,1H3,(H,18,20). The Bertz CT molecular complexity index is 466. The lowest BCUT2D eigenvalue weighted by atomic mass is 9.87. The topological polar surface area (TPSA) is 58.4 Å². The summed E-state index contributed by atoms with van der Waals surface area (Å²) in [6.07, 6.45) is 1.03. The van der Waals surface area contributed by atoms with Crippen LogP contribution in [0.1, 0.15) is 13.3 Å². The van der Waals surface area contributed by atoms with E-state index in [0.29, 0.717) is 30.6 Å². The first-order valence-corrected chi connectivity index (χ1v) is 7.06. The third-order valence-corrected chi connectivity index (χ3v) is 3.95. The molecule has 110 valence electrons. The number of hydrogen-bond acceptors (Lipinski definition) is 3. The molecule has 0 aliphatic carbocycles. The predicted octanol–water partition coefficient (Wildman–Crippen LogP) is 1.68. The minimum Gasteiger partial charge on any atom is -0.330 e. The van der Waals surface area contributed by atoms with Crippen LogP contribution in [-0.4, -0.2) is 37.0 Å². The van der Waals surface area contributed by atoms with E-state index in [4.69, 9.17) is 5.73 Å². The number of halogens is 1. The number of nitrogens with one attached hydrogen (secondary N) is 1. The normalized spacial score (nSPS) is 23.6. The summed E-state index contributed by atoms with van der Waals surface area (Å²) in [4.78, 5) is 14.1. The van der Waals surface area contributed by atoms with Crippen molar-refractivity contribution in [3.8, 4) is 0 Å². The number of piperidine rings is 1. The molecule has 1 aliphatic rings. The van der Waals surface area contributed by atoms with E-state index in [1.807, 2.05) is 0 Å². The maximum Gasteiger partial charge on any atom is 0.238 e. The third kappa shape index (κ3) is 4.02. The number of carbonyl (C=O) groups is 1. The van der Waals surface area contributed by atoms with E-state index in [0.717, 1.165) is 19.5 Å². The average molecular weight is 279 g/mol. The highest BCUT2D eigenvalue weighted by molar-refractivity contribution is 5.92. The summed E-state index contributed by atoms with van der Waals surface area (Å²) in [5.74, 6) is 0.613. The van der Waals surface area contributed by atoms with Crippen LogP contribution >= 0.6 is 0 Å². The lowest BCUT2D eigenvalue weighted by molar-refractivity contribution is -0.117. The molecular weight excluding hydrogens is 257 g/mol. The van der Waals surface area contributed by atoms with Crippen LogP contribution in [0, 0.1) is 17.7 Å². The minimum absolute atomic E-state index is 0.103. The number of hydrogen-bond donors (Lipinski definition) is 2. The summed E-state index contributed by atoms with van der Waals surface area (Å²) < 4.78 is 13.0. The van der Waals surface area contributed by atoms with Crippen LogP contribution in [0.25, 0.3) is 0 Å². The molecule has 1 aromatic rings. The van der Waals surface area contributed by atoms with Gasteiger partial charge in [0.25, 0.3) is 0 Å². The first-order valence-electron chi connectivity index (χ1n) is 7.06. The highest BCUT2D eigenvalue weighted by Gasteiger charge is 2.25. The zero-order valence-corrected chi connectivity index (χ0v) is 11.8. The van der Waals surface area contributed by atoms with Gasteiger partial charge in [-0.2, -0.15) is 0 Å². The van der Waals surface area contributed by atoms with Gasteiger partial charge in [0.1, 0.15) is 5.82 Å². The van der Waals surface area contributed by atoms with Crippen molar-refractivity contribution in [2.75, 3.05) is 31.5 Å². The first-order chi connectivity index (χ1) is 9.58. The van der Waals surface area contributed by atoms with Gasteiger partial charge in [-0.25, -0.2) is 4.39 Å². The van der Waals surface area contributed by atoms with Crippen molar-refractivity contribution in [1.29, 1.82) is 0 Å². The molecule has 2 rings (SSSR count). The van der Waals surface area contributed by atoms with E-state index >= 15 is 0 Å². The number of anilines is 1. The Morgan fingerprint density at radius 2 is 2.35 bits per heavy atom. The Labute approximate surface area is 119 Å². The Hall–Kier alpha value is -1.46. The fourth-order valence-electron chi connectivity index (χ4n) is 2.74. The molecule has 1 heterocycles. The summed E-state index contributed by atoms with van der Waals surface area (Å²) in [6, 6.07) is 5.94. The molecule has 2 atom stereocenters. The molecule has 5 heteroatoms. The molecule has 0 saturated carbocycles. The molecule has 0 bridgehead atoms. The van der Waals surface area contributed by atoms with Crippen molar-refractivity contribution in [3.63, 3.8) is 0 Å². The van der Waals surface area contributed by atoms with Gasteiger partial charge < -0.3 is 11.1 Å². The van der Waals surface area contributed by atoms with Gasteiger partial charge in [-0.15, -0.1) is 0 Å². The monoisotopic (exact) mass is 279 g/mol. The van der Waals surface area contributed by atoms with Crippen LogP contribution in [0.4, 0.5) is 10.1 Å². The van der Waals surface area contributed by atoms with Crippen molar-refractivity contribution in [2.24, 2.45) is 17.6 Å². The molecule has 2 unspecified atom stereocenters. The molecular formula is C15H22FN3O. The molecule has 0 spiro atoms. The van der Waals surface area contributed by atoms with E-state index in [-0.39, 0.29) is 11.7 Å². The van der Waals surface area contributed by atoms with Gasteiger partial charge in [-0.1, -0.05) is 13.0 Å². The molecule has 1 fully saturated rings. The SMILES string of the molecule is CC1CN(CC(=O)Nc2cccc(F)c2)CCC1CN. The minimum atomic E-state index is -0.347. The molecule has 3 N–H and O–H groups in total. The third-order valence-electron chi connectivity index (χ3n) is 3.95. The molecule has 20 heavy (non-hydrogen) atoms. The number of benzene rings is 1. The van der Waals surface area contributed by atoms with Crippen molar-refractivity contribution < 1.29 is 9.18 Å². The maximum atomic E-state index is 13.0. The maximum absolute atomic E-state index is 13.0. The van der Waals surface area contributed by atoms with Gasteiger partial charge in [-0.05, 0) is 49.5 Å². The number of likely N-dealkylation sites (tertiary alicyclic amines) is 1. The fourth-order valence-corrected chi connectivity index (χ4v) is 2.74. The summed E-state index contributed by atoms with van der Waals surface area (Å²) in [6.45, 7) is 5.01. The Morgan fingerprint density at radius 1 is 1.55 bits per heavy atom. The van der Waals surface area contributed by atoms with Crippen molar-refractivity contribution >= 4 is 11.6 Å². The summed E-state index contributed by atoms with van der Waals surface area (Å²) in [5.41, 5.74) is 6.22. The number of nitrogens with zero attached hydrogens (tertiary/aromatic N) is 1. The van der Waals surface area contributed by atoms with Crippen LogP contribution < -0.4 is 11.1 Å². The van der Waals surface area contributed by atoms with Crippen molar-refractivity contribution in [2.45, 2.75) is 13.3 Å². The van der Waals surface area contributed by atoms with Crippen LogP contribution in [0.3, 0.4) is 0 Å². The Morgan fingerprint density at radius 3 is 3.00 bits per heavy atom. The van der Waals surface area contributed by atoms with Crippen LogP contribution in [0.2, 0.25) is 0 Å².